The molecule has 0 aliphatic rings. The molecule has 0 unspecified atom stereocenters. The van der Waals surface area contributed by atoms with Gasteiger partial charge in [0.2, 0.25) is 0 Å². The van der Waals surface area contributed by atoms with Crippen LogP contribution in [-0.4, -0.2) is 15.8 Å². The maximum Gasteiger partial charge on any atom is 0.269 e. The van der Waals surface area contributed by atoms with E-state index in [0.29, 0.717) is 11.3 Å². The Morgan fingerprint density at radius 2 is 1.95 bits per heavy atom. The fourth-order valence-corrected chi connectivity index (χ4v) is 1.56. The number of benzene rings is 1. The standard InChI is InChI=1S/C13H11N3O3/c1-9-8-10(6-7-14-9)13(17)15-11-2-4-12(5-3-11)16(18)19/h2-8H,1H3,(H,15,17). The van der Waals surface area contributed by atoms with Gasteiger partial charge in [-0.05, 0) is 31.2 Å². The molecule has 96 valence electrons. The number of nitro groups is 1. The minimum absolute atomic E-state index is 0.0160. The zero-order valence-corrected chi connectivity index (χ0v) is 10.2. The van der Waals surface area contributed by atoms with Crippen LogP contribution in [0.1, 0.15) is 16.1 Å². The van der Waals surface area contributed by atoms with E-state index >= 15 is 0 Å². The van der Waals surface area contributed by atoms with Crippen LogP contribution in [0.15, 0.2) is 42.6 Å². The molecular weight excluding hydrogens is 246 g/mol. The van der Waals surface area contributed by atoms with Gasteiger partial charge in [-0.1, -0.05) is 0 Å². The van der Waals surface area contributed by atoms with Crippen molar-refractivity contribution < 1.29 is 9.72 Å². The van der Waals surface area contributed by atoms with Crippen LogP contribution in [0.25, 0.3) is 0 Å². The Labute approximate surface area is 109 Å². The quantitative estimate of drug-likeness (QED) is 0.676. The minimum Gasteiger partial charge on any atom is -0.322 e. The van der Waals surface area contributed by atoms with E-state index < -0.39 is 4.92 Å². The van der Waals surface area contributed by atoms with Gasteiger partial charge in [0.1, 0.15) is 0 Å². The van der Waals surface area contributed by atoms with E-state index in [2.05, 4.69) is 10.3 Å². The number of hydrogen-bond acceptors (Lipinski definition) is 4. The summed E-state index contributed by atoms with van der Waals surface area (Å²) in [6.45, 7) is 1.79. The van der Waals surface area contributed by atoms with Gasteiger partial charge < -0.3 is 5.32 Å². The van der Waals surface area contributed by atoms with Crippen LogP contribution in [0.3, 0.4) is 0 Å². The van der Waals surface area contributed by atoms with Gasteiger partial charge in [-0.3, -0.25) is 19.9 Å². The molecule has 0 fully saturated rings. The van der Waals surface area contributed by atoms with Gasteiger partial charge in [-0.25, -0.2) is 0 Å². The van der Waals surface area contributed by atoms with Gasteiger partial charge in [-0.2, -0.15) is 0 Å². The van der Waals surface area contributed by atoms with Crippen LogP contribution in [-0.2, 0) is 0 Å². The number of nitrogens with one attached hydrogen (secondary N) is 1. The van der Waals surface area contributed by atoms with Crippen LogP contribution in [0, 0.1) is 17.0 Å². The van der Waals surface area contributed by atoms with Gasteiger partial charge in [0.25, 0.3) is 11.6 Å². The van der Waals surface area contributed by atoms with Crippen molar-refractivity contribution in [2.45, 2.75) is 6.92 Å². The van der Waals surface area contributed by atoms with E-state index in [9.17, 15) is 14.9 Å². The Morgan fingerprint density at radius 3 is 2.53 bits per heavy atom. The second-order valence-electron chi connectivity index (χ2n) is 3.94. The average Bonchev–Trinajstić information content (AvgIpc) is 2.39. The van der Waals surface area contributed by atoms with Gasteiger partial charge in [0, 0.05) is 35.3 Å². The van der Waals surface area contributed by atoms with Crippen molar-refractivity contribution in [3.63, 3.8) is 0 Å². The number of aryl methyl sites for hydroxylation is 1. The third-order valence-electron chi connectivity index (χ3n) is 2.49. The zero-order chi connectivity index (χ0) is 13.8. The molecule has 2 aromatic rings. The number of aromatic nitrogens is 1. The Morgan fingerprint density at radius 1 is 1.26 bits per heavy atom. The van der Waals surface area contributed by atoms with Gasteiger partial charge in [-0.15, -0.1) is 0 Å². The Balaban J connectivity index is 2.13. The lowest BCUT2D eigenvalue weighted by Crippen LogP contribution is -2.12. The number of rotatable bonds is 3. The molecule has 0 bridgehead atoms. The van der Waals surface area contributed by atoms with Gasteiger partial charge >= 0.3 is 0 Å². The molecule has 0 atom stereocenters. The van der Waals surface area contributed by atoms with Gasteiger partial charge in [0.05, 0.1) is 4.92 Å². The molecule has 2 rings (SSSR count). The summed E-state index contributed by atoms with van der Waals surface area (Å²) in [4.78, 5) is 25.9. The summed E-state index contributed by atoms with van der Waals surface area (Å²) in [7, 11) is 0. The molecule has 0 radical (unpaired) electrons. The van der Waals surface area contributed by atoms with E-state index in [1.54, 1.807) is 25.3 Å². The summed E-state index contributed by atoms with van der Waals surface area (Å²) in [5.41, 5.74) is 1.73. The molecule has 1 aromatic carbocycles. The largest absolute Gasteiger partial charge is 0.322 e. The normalized spacial score (nSPS) is 9.95. The number of pyridine rings is 1. The summed E-state index contributed by atoms with van der Waals surface area (Å²) in [6.07, 6.45) is 1.56. The van der Waals surface area contributed by atoms with Crippen LogP contribution in [0.5, 0.6) is 0 Å². The van der Waals surface area contributed by atoms with Crippen molar-refractivity contribution in [1.29, 1.82) is 0 Å². The molecule has 19 heavy (non-hydrogen) atoms. The summed E-state index contributed by atoms with van der Waals surface area (Å²) in [5, 5.41) is 13.2. The fraction of sp³-hybridized carbons (Fsp3) is 0.0769. The van der Waals surface area contributed by atoms with Crippen LogP contribution < -0.4 is 5.32 Å². The van der Waals surface area contributed by atoms with Gasteiger partial charge in [0.15, 0.2) is 0 Å². The summed E-state index contributed by atoms with van der Waals surface area (Å²) >= 11 is 0. The fourth-order valence-electron chi connectivity index (χ4n) is 1.56. The number of nitro benzene ring substituents is 1. The third kappa shape index (κ3) is 3.12. The van der Waals surface area contributed by atoms with Crippen LogP contribution >= 0.6 is 0 Å². The highest BCUT2D eigenvalue weighted by atomic mass is 16.6. The SMILES string of the molecule is Cc1cc(C(=O)Nc2ccc([N+](=O)[O-])cc2)ccn1. The molecule has 1 heterocycles. The lowest BCUT2D eigenvalue weighted by molar-refractivity contribution is -0.384. The monoisotopic (exact) mass is 257 g/mol. The number of carbonyl (C=O) groups excluding carboxylic acids is 1. The molecule has 0 aliphatic heterocycles. The molecule has 6 heteroatoms. The molecule has 6 nitrogen and oxygen atoms in total. The van der Waals surface area contributed by atoms with E-state index in [1.807, 2.05) is 0 Å². The maximum atomic E-state index is 11.9. The Kier molecular flexibility index (Phi) is 3.51. The van der Waals surface area contributed by atoms with Crippen LogP contribution in [0.4, 0.5) is 11.4 Å². The predicted molar refractivity (Wildman–Crippen MR) is 70.0 cm³/mol. The first kappa shape index (κ1) is 12.7. The molecule has 0 aliphatic carbocycles. The number of nitrogens with zero attached hydrogens (tertiary/aromatic N) is 2. The number of carbonyl (C=O) groups is 1. The van der Waals surface area contributed by atoms with Crippen molar-refractivity contribution in [3.05, 3.63) is 64.0 Å². The first-order valence-electron chi connectivity index (χ1n) is 5.55. The molecule has 0 saturated carbocycles. The van der Waals surface area contributed by atoms with E-state index in [4.69, 9.17) is 0 Å². The number of amides is 1. The molecule has 0 spiro atoms. The second kappa shape index (κ2) is 5.26. The third-order valence-corrected chi connectivity index (χ3v) is 2.49. The molecule has 1 N–H and O–H groups in total. The zero-order valence-electron chi connectivity index (χ0n) is 10.2. The number of non-ortho nitro benzene ring substituents is 1. The minimum atomic E-state index is -0.488. The van der Waals surface area contributed by atoms with E-state index in [0.717, 1.165) is 5.69 Å². The highest BCUT2D eigenvalue weighted by Crippen LogP contribution is 2.16. The summed E-state index contributed by atoms with van der Waals surface area (Å²) < 4.78 is 0. The first-order valence-corrected chi connectivity index (χ1v) is 5.55. The van der Waals surface area contributed by atoms with E-state index in [1.165, 1.54) is 24.3 Å². The molecule has 1 aromatic heterocycles. The van der Waals surface area contributed by atoms with Crippen molar-refractivity contribution in [2.24, 2.45) is 0 Å². The second-order valence-corrected chi connectivity index (χ2v) is 3.94. The maximum absolute atomic E-state index is 11.9. The highest BCUT2D eigenvalue weighted by molar-refractivity contribution is 6.04. The highest BCUT2D eigenvalue weighted by Gasteiger charge is 2.08. The van der Waals surface area contributed by atoms with E-state index in [-0.39, 0.29) is 11.6 Å². The van der Waals surface area contributed by atoms with Crippen LogP contribution in [0.2, 0.25) is 0 Å². The summed E-state index contributed by atoms with van der Waals surface area (Å²) in [6, 6.07) is 8.93. The lowest BCUT2D eigenvalue weighted by Gasteiger charge is -2.05. The van der Waals surface area contributed by atoms with Crippen molar-refractivity contribution in [3.8, 4) is 0 Å². The summed E-state index contributed by atoms with van der Waals surface area (Å²) in [5.74, 6) is -0.278. The first-order chi connectivity index (χ1) is 9.06. The predicted octanol–water partition coefficient (Wildman–Crippen LogP) is 2.55. The van der Waals surface area contributed by atoms with Crippen molar-refractivity contribution in [1.82, 2.24) is 4.98 Å². The van der Waals surface area contributed by atoms with Crippen molar-refractivity contribution in [2.75, 3.05) is 5.32 Å². The molecular formula is C13H11N3O3. The molecule has 1 amide bonds. The number of hydrogen-bond donors (Lipinski definition) is 1. The molecule has 0 saturated heterocycles. The lowest BCUT2D eigenvalue weighted by atomic mass is 10.2. The Bertz CT molecular complexity index is 623. The topological polar surface area (TPSA) is 85.1 Å². The van der Waals surface area contributed by atoms with Crippen molar-refractivity contribution >= 4 is 17.3 Å². The average molecular weight is 257 g/mol. The smallest absolute Gasteiger partial charge is 0.269 e. The Hall–Kier alpha value is -2.76. The number of anilines is 1.